The number of likely N-dealkylation sites (tertiary alicyclic amines) is 1. The molecule has 2 bridgehead atoms. The number of benzene rings is 2. The summed E-state index contributed by atoms with van der Waals surface area (Å²) in [5.74, 6) is -2.20. The van der Waals surface area contributed by atoms with Crippen molar-refractivity contribution >= 4 is 61.9 Å². The van der Waals surface area contributed by atoms with Gasteiger partial charge in [0.2, 0.25) is 5.91 Å². The molecule has 42 heavy (non-hydrogen) atoms. The lowest BCUT2D eigenvalue weighted by molar-refractivity contribution is -0.154. The molecule has 3 heterocycles. The van der Waals surface area contributed by atoms with E-state index in [0.29, 0.717) is 18.5 Å². The van der Waals surface area contributed by atoms with Gasteiger partial charge in [-0.2, -0.15) is 0 Å². The van der Waals surface area contributed by atoms with Crippen molar-refractivity contribution in [1.29, 1.82) is 0 Å². The van der Waals surface area contributed by atoms with Crippen molar-refractivity contribution in [2.75, 3.05) is 24.7 Å². The van der Waals surface area contributed by atoms with E-state index in [9.17, 15) is 19.5 Å². The number of esters is 1. The average molecular weight is 656 g/mol. The zero-order valence-electron chi connectivity index (χ0n) is 24.0. The van der Waals surface area contributed by atoms with Gasteiger partial charge >= 0.3 is 5.97 Å². The Bertz CT molecular complexity index is 1360. The van der Waals surface area contributed by atoms with E-state index in [1.165, 1.54) is 0 Å². The fourth-order valence-corrected chi connectivity index (χ4v) is 10.6. The average Bonchev–Trinajstić information content (AvgIpc) is 3.59. The highest BCUT2D eigenvalue weighted by atomic mass is 79.9. The number of ether oxygens (including phenoxy) is 1. The number of hydrogen-bond acceptors (Lipinski definition) is 6. The molecule has 5 rings (SSSR count). The second kappa shape index (κ2) is 12.9. The van der Waals surface area contributed by atoms with Crippen LogP contribution in [0.1, 0.15) is 39.0 Å². The number of amides is 2. The van der Waals surface area contributed by atoms with E-state index in [-0.39, 0.29) is 47.6 Å². The second-order valence-corrected chi connectivity index (χ2v) is 14.1. The van der Waals surface area contributed by atoms with Crippen LogP contribution in [0, 0.1) is 11.8 Å². The van der Waals surface area contributed by atoms with Gasteiger partial charge in [0.1, 0.15) is 6.04 Å². The molecular formula is C33H39BrN2O5S. The molecule has 0 aliphatic carbocycles. The van der Waals surface area contributed by atoms with Crippen molar-refractivity contribution in [2.45, 2.75) is 65.9 Å². The van der Waals surface area contributed by atoms with E-state index >= 15 is 0 Å². The van der Waals surface area contributed by atoms with Crippen LogP contribution in [-0.4, -0.2) is 74.5 Å². The summed E-state index contributed by atoms with van der Waals surface area (Å²) in [4.78, 5) is 45.9. The van der Waals surface area contributed by atoms with Crippen molar-refractivity contribution in [3.63, 3.8) is 0 Å². The van der Waals surface area contributed by atoms with Gasteiger partial charge in [-0.05, 0) is 55.0 Å². The summed E-state index contributed by atoms with van der Waals surface area (Å²) in [6.45, 7) is 9.83. The first-order chi connectivity index (χ1) is 20.3. The molecule has 0 aromatic heterocycles. The molecule has 2 aromatic carbocycles. The van der Waals surface area contributed by atoms with Gasteiger partial charge in [0.15, 0.2) is 0 Å². The molecule has 3 unspecified atom stereocenters. The Hall–Kier alpha value is -2.62. The first-order valence-corrected chi connectivity index (χ1v) is 16.6. The summed E-state index contributed by atoms with van der Waals surface area (Å²) < 4.78 is 4.91. The molecule has 3 saturated heterocycles. The van der Waals surface area contributed by atoms with Gasteiger partial charge in [0.25, 0.3) is 5.91 Å². The third-order valence-electron chi connectivity index (χ3n) is 8.98. The molecule has 2 aromatic rings. The molecule has 3 fully saturated rings. The number of aliphatic hydroxyl groups excluding tert-OH is 1. The van der Waals surface area contributed by atoms with Crippen LogP contribution in [0.5, 0.6) is 0 Å². The maximum atomic E-state index is 14.8. The highest BCUT2D eigenvalue weighted by Crippen LogP contribution is 2.68. The lowest BCUT2D eigenvalue weighted by Gasteiger charge is -2.39. The van der Waals surface area contributed by atoms with Crippen LogP contribution in [0.15, 0.2) is 67.8 Å². The Kier molecular flexibility index (Phi) is 9.50. The zero-order chi connectivity index (χ0) is 30.0. The summed E-state index contributed by atoms with van der Waals surface area (Å²) in [5, 5.41) is 12.3. The van der Waals surface area contributed by atoms with E-state index in [0.717, 1.165) is 30.0 Å². The molecule has 9 heteroatoms. The molecule has 0 radical (unpaired) electrons. The number of allylic oxidation sites excluding steroid dienone is 1. The van der Waals surface area contributed by atoms with Crippen LogP contribution < -0.4 is 4.90 Å². The van der Waals surface area contributed by atoms with Gasteiger partial charge in [-0.1, -0.05) is 65.3 Å². The van der Waals surface area contributed by atoms with Gasteiger partial charge in [0.05, 0.1) is 35.8 Å². The van der Waals surface area contributed by atoms with Crippen LogP contribution in [0.25, 0.3) is 10.8 Å². The van der Waals surface area contributed by atoms with Gasteiger partial charge in [-0.25, -0.2) is 0 Å². The number of carbonyl (C=O) groups excluding carboxylic acids is 3. The van der Waals surface area contributed by atoms with Crippen molar-refractivity contribution in [3.8, 4) is 0 Å². The third-order valence-corrected chi connectivity index (χ3v) is 12.2. The molecule has 2 amide bonds. The third kappa shape index (κ3) is 5.22. The van der Waals surface area contributed by atoms with Crippen LogP contribution >= 0.6 is 27.7 Å². The lowest BCUT2D eigenvalue weighted by atomic mass is 9.71. The van der Waals surface area contributed by atoms with E-state index in [1.807, 2.05) is 55.5 Å². The van der Waals surface area contributed by atoms with Gasteiger partial charge in [-0.3, -0.25) is 14.4 Å². The minimum atomic E-state index is -0.848. The van der Waals surface area contributed by atoms with Crippen LogP contribution in [0.3, 0.4) is 0 Å². The van der Waals surface area contributed by atoms with E-state index in [4.69, 9.17) is 4.74 Å². The number of nitrogens with zero attached hydrogens (tertiary/aromatic N) is 2. The van der Waals surface area contributed by atoms with Crippen molar-refractivity contribution in [2.24, 2.45) is 11.8 Å². The number of rotatable bonds is 13. The number of alkyl halides is 1. The van der Waals surface area contributed by atoms with E-state index in [1.54, 1.807) is 27.6 Å². The largest absolute Gasteiger partial charge is 0.465 e. The van der Waals surface area contributed by atoms with Crippen molar-refractivity contribution in [3.05, 3.63) is 67.8 Å². The maximum Gasteiger partial charge on any atom is 0.310 e. The highest BCUT2D eigenvalue weighted by Gasteiger charge is 2.76. The Morgan fingerprint density at radius 3 is 2.67 bits per heavy atom. The van der Waals surface area contributed by atoms with Gasteiger partial charge in [0, 0.05) is 22.3 Å². The van der Waals surface area contributed by atoms with Crippen LogP contribution in [0.4, 0.5) is 5.69 Å². The normalized spacial score (nSPS) is 28.5. The quantitative estimate of drug-likeness (QED) is 0.133. The molecule has 0 saturated carbocycles. The highest BCUT2D eigenvalue weighted by molar-refractivity contribution is 9.09. The summed E-state index contributed by atoms with van der Waals surface area (Å²) in [6, 6.07) is 12.5. The number of halogens is 1. The van der Waals surface area contributed by atoms with E-state index < -0.39 is 28.7 Å². The number of aliphatic hydroxyl groups is 1. The first-order valence-electron chi connectivity index (χ1n) is 14.8. The maximum absolute atomic E-state index is 14.8. The molecule has 7 nitrogen and oxygen atoms in total. The Morgan fingerprint density at radius 2 is 1.98 bits per heavy atom. The SMILES string of the molecule is C=CCCCCOC(=O)[C@H]1[C@@H]2SC3(CC2Br)C(C(=O)N(CC=C)c2ccc4ccccc4c2)N([C@@H](CC)CO)C(=O)[C@H]13. The number of carbonyl (C=O) groups is 3. The Labute approximate surface area is 260 Å². The predicted molar refractivity (Wildman–Crippen MR) is 172 cm³/mol. The number of anilines is 1. The molecule has 224 valence electrons. The Balaban J connectivity index is 1.53. The summed E-state index contributed by atoms with van der Waals surface area (Å²) in [6.07, 6.45) is 7.03. The predicted octanol–water partition coefficient (Wildman–Crippen LogP) is 5.49. The summed E-state index contributed by atoms with van der Waals surface area (Å²) >= 11 is 5.38. The standard InChI is InChI=1S/C33H39BrN2O5S/c1-4-7-8-11-17-41-32(40)26-27-30(38)36(23(6-3)20-37)29(33(27)19-25(34)28(26)42-33)31(39)35(16-5-2)24-15-14-21-12-9-10-13-22(21)18-24/h4-5,9-10,12-15,18,23,25-29,37H,1-2,6-8,11,16-17,19-20H2,3H3/t23-,25?,26+,27-,28+,29?,33?/m0/s1. The van der Waals surface area contributed by atoms with Gasteiger partial charge in [-0.15, -0.1) is 24.9 Å². The number of fused-ring (bicyclic) bond motifs is 2. The molecular weight excluding hydrogens is 616 g/mol. The van der Waals surface area contributed by atoms with Crippen molar-refractivity contribution in [1.82, 2.24) is 4.90 Å². The fraction of sp³-hybridized carbons (Fsp3) is 0.485. The topological polar surface area (TPSA) is 87.2 Å². The fourth-order valence-electron chi connectivity index (χ4n) is 7.03. The Morgan fingerprint density at radius 1 is 1.21 bits per heavy atom. The van der Waals surface area contributed by atoms with Crippen LogP contribution in [0.2, 0.25) is 0 Å². The monoisotopic (exact) mass is 654 g/mol. The molecule has 1 N–H and O–H groups in total. The van der Waals surface area contributed by atoms with E-state index in [2.05, 4.69) is 29.1 Å². The smallest absolute Gasteiger partial charge is 0.310 e. The number of hydrogen-bond donors (Lipinski definition) is 1. The minimum absolute atomic E-state index is 0.0529. The first kappa shape index (κ1) is 30.8. The zero-order valence-corrected chi connectivity index (χ0v) is 26.4. The number of thioether (sulfide) groups is 1. The molecule has 3 aliphatic heterocycles. The van der Waals surface area contributed by atoms with Gasteiger partial charge < -0.3 is 19.6 Å². The summed E-state index contributed by atoms with van der Waals surface area (Å²) in [7, 11) is 0. The van der Waals surface area contributed by atoms with Crippen LogP contribution in [-0.2, 0) is 19.1 Å². The molecule has 7 atom stereocenters. The number of unbranched alkanes of at least 4 members (excludes halogenated alkanes) is 2. The lowest BCUT2D eigenvalue weighted by Crippen LogP contribution is -2.58. The molecule has 3 aliphatic rings. The summed E-state index contributed by atoms with van der Waals surface area (Å²) in [5.41, 5.74) is 0.714. The minimum Gasteiger partial charge on any atom is -0.465 e. The molecule has 1 spiro atoms. The second-order valence-electron chi connectivity index (χ2n) is 11.4. The van der Waals surface area contributed by atoms with Crippen molar-refractivity contribution < 1.29 is 24.2 Å².